The summed E-state index contributed by atoms with van der Waals surface area (Å²) in [6, 6.07) is 23.2. The molecule has 336 valence electrons. The van der Waals surface area contributed by atoms with Crippen molar-refractivity contribution < 1.29 is 28.7 Å². The molecule has 3 unspecified atom stereocenters. The Balaban J connectivity index is 0.00000276. The molecule has 64 heavy (non-hydrogen) atoms. The average molecular weight is 889 g/mol. The molecular formula is C50H58ClN7O6. The lowest BCUT2D eigenvalue weighted by atomic mass is 9.84. The number of halogens is 1. The number of fused-ring (bicyclic) bond motifs is 1. The third-order valence-corrected chi connectivity index (χ3v) is 13.6. The van der Waals surface area contributed by atoms with Gasteiger partial charge in [-0.2, -0.15) is 0 Å². The molecule has 3 saturated heterocycles. The van der Waals surface area contributed by atoms with Gasteiger partial charge in [0, 0.05) is 81.5 Å². The third-order valence-electron chi connectivity index (χ3n) is 13.3. The molecule has 3 atom stereocenters. The van der Waals surface area contributed by atoms with Crippen LogP contribution in [0.5, 0.6) is 5.75 Å². The van der Waals surface area contributed by atoms with Crippen molar-refractivity contribution in [3.05, 3.63) is 95.1 Å². The second kappa shape index (κ2) is 20.3. The van der Waals surface area contributed by atoms with Crippen LogP contribution >= 0.6 is 11.6 Å². The van der Waals surface area contributed by atoms with Gasteiger partial charge in [-0.3, -0.25) is 29.3 Å². The first kappa shape index (κ1) is 44.8. The Hall–Kier alpha value is -5.82. The van der Waals surface area contributed by atoms with Crippen LogP contribution in [0.15, 0.2) is 79.0 Å². The Morgan fingerprint density at radius 1 is 0.828 bits per heavy atom. The van der Waals surface area contributed by atoms with Crippen molar-refractivity contribution in [1.29, 1.82) is 0 Å². The highest BCUT2D eigenvalue weighted by molar-refractivity contribution is 6.33. The number of carbonyl (C=O) groups excluding carboxylic acids is 5. The van der Waals surface area contributed by atoms with E-state index < -0.39 is 11.9 Å². The van der Waals surface area contributed by atoms with E-state index in [-0.39, 0.29) is 54.0 Å². The second-order valence-corrected chi connectivity index (χ2v) is 17.8. The van der Waals surface area contributed by atoms with Crippen LogP contribution in [0.3, 0.4) is 0 Å². The van der Waals surface area contributed by atoms with Crippen LogP contribution in [0.25, 0.3) is 22.4 Å². The largest absolute Gasteiger partial charge is 0.490 e. The molecular weight excluding hydrogens is 830 g/mol. The maximum absolute atomic E-state index is 13.8. The van der Waals surface area contributed by atoms with E-state index in [1.807, 2.05) is 60.0 Å². The fraction of sp³-hybridized carbons (Fsp3) is 0.460. The summed E-state index contributed by atoms with van der Waals surface area (Å²) < 4.78 is 6.33. The second-order valence-electron chi connectivity index (χ2n) is 17.4. The Morgan fingerprint density at radius 2 is 1.56 bits per heavy atom. The predicted octanol–water partition coefficient (Wildman–Crippen LogP) is 7.92. The highest BCUT2D eigenvalue weighted by Crippen LogP contribution is 2.34. The van der Waals surface area contributed by atoms with Gasteiger partial charge in [0.25, 0.3) is 5.91 Å². The van der Waals surface area contributed by atoms with E-state index in [9.17, 15) is 24.0 Å². The van der Waals surface area contributed by atoms with Gasteiger partial charge >= 0.3 is 0 Å². The fourth-order valence-electron chi connectivity index (χ4n) is 9.87. The molecule has 14 heteroatoms. The summed E-state index contributed by atoms with van der Waals surface area (Å²) >= 11 is 6.62. The van der Waals surface area contributed by atoms with Crippen molar-refractivity contribution in [2.45, 2.75) is 109 Å². The van der Waals surface area contributed by atoms with Gasteiger partial charge in [-0.1, -0.05) is 80.4 Å². The van der Waals surface area contributed by atoms with Gasteiger partial charge in [-0.15, -0.1) is 0 Å². The number of hydrogen-bond donors (Lipinski definition) is 2. The topological polar surface area (TPSA) is 154 Å². The molecule has 4 fully saturated rings. The van der Waals surface area contributed by atoms with Gasteiger partial charge in [0.05, 0.1) is 16.9 Å². The first-order chi connectivity index (χ1) is 31.1. The first-order valence-electron chi connectivity index (χ1n) is 23.1. The molecule has 5 heterocycles. The zero-order chi connectivity index (χ0) is 44.7. The maximum Gasteiger partial charge on any atom is 0.255 e. The Labute approximate surface area is 380 Å². The molecule has 13 nitrogen and oxygen atoms in total. The van der Waals surface area contributed by atoms with Gasteiger partial charge in [0.15, 0.2) is 0 Å². The fourth-order valence-corrected chi connectivity index (χ4v) is 10.1. The minimum atomic E-state index is -0.657. The number of ether oxygens (including phenoxy) is 1. The minimum absolute atomic E-state index is 0.0524. The molecule has 5 amide bonds. The van der Waals surface area contributed by atoms with E-state index in [0.717, 1.165) is 60.8 Å². The number of anilines is 1. The summed E-state index contributed by atoms with van der Waals surface area (Å²) in [6.07, 6.45) is 9.14. The third kappa shape index (κ3) is 10.3. The van der Waals surface area contributed by atoms with E-state index in [0.29, 0.717) is 86.4 Å². The lowest BCUT2D eigenvalue weighted by Gasteiger charge is -2.37. The van der Waals surface area contributed by atoms with Crippen LogP contribution in [-0.2, 0) is 25.7 Å². The quantitative estimate of drug-likeness (QED) is 0.151. The van der Waals surface area contributed by atoms with Crippen LogP contribution < -0.4 is 15.4 Å². The highest BCUT2D eigenvalue weighted by atomic mass is 35.5. The molecule has 4 aromatic rings. The molecule has 9 rings (SSSR count). The van der Waals surface area contributed by atoms with Crippen molar-refractivity contribution in [3.63, 3.8) is 0 Å². The maximum atomic E-state index is 13.8. The number of likely N-dealkylation sites (tertiary alicyclic amines) is 2. The molecule has 4 aliphatic heterocycles. The van der Waals surface area contributed by atoms with Gasteiger partial charge < -0.3 is 24.8 Å². The molecule has 0 bridgehead atoms. The number of carbonyl (C=O) groups is 5. The predicted molar refractivity (Wildman–Crippen MR) is 245 cm³/mol. The number of nitrogens with zero attached hydrogens (tertiary/aromatic N) is 5. The number of rotatable bonds is 10. The number of aromatic nitrogens is 2. The van der Waals surface area contributed by atoms with Crippen molar-refractivity contribution in [3.8, 4) is 28.1 Å². The average Bonchev–Trinajstić information content (AvgIpc) is 3.65. The molecule has 1 aromatic heterocycles. The molecule has 2 N–H and O–H groups in total. The first-order valence-corrected chi connectivity index (χ1v) is 23.5. The van der Waals surface area contributed by atoms with Crippen molar-refractivity contribution in [2.75, 3.05) is 31.5 Å². The number of benzene rings is 3. The smallest absolute Gasteiger partial charge is 0.255 e. The number of hydrogen-bond acceptors (Lipinski definition) is 9. The standard InChI is InChI=1S/C48H52ClN7O6.C2H6/c49-40-28-50-48(53-44(40)33-9-4-8-32(25-33)31-6-2-1-3-7-31)51-36-11-5-10-34(26-36)46(60)55-20-16-30(17-21-55)24-43(58)54-22-18-37(19-23-54)62-38-12-13-39-35(27-38)29-56(47(39)61)41-14-15-42(57)52-45(41)59;1-2/h1-4,6-9,12-13,25,27-28,30,34,36-37,41H,5,10-11,14-24,26,29H2,(H,50,51,53)(H,52,57,59);1-2H3. The Morgan fingerprint density at radius 3 is 2.33 bits per heavy atom. The van der Waals surface area contributed by atoms with Crippen molar-refractivity contribution >= 4 is 47.1 Å². The normalized spacial score (nSPS) is 21.7. The lowest BCUT2D eigenvalue weighted by Crippen LogP contribution is -2.52. The van der Waals surface area contributed by atoms with Crippen LogP contribution in [0.2, 0.25) is 5.02 Å². The van der Waals surface area contributed by atoms with Crippen LogP contribution in [0, 0.1) is 11.8 Å². The number of piperidine rings is 3. The zero-order valence-electron chi connectivity index (χ0n) is 36.8. The summed E-state index contributed by atoms with van der Waals surface area (Å²) in [7, 11) is 0. The van der Waals surface area contributed by atoms with Gasteiger partial charge in [0.1, 0.15) is 17.9 Å². The zero-order valence-corrected chi connectivity index (χ0v) is 37.5. The number of imide groups is 1. The summed E-state index contributed by atoms with van der Waals surface area (Å²) in [6.45, 7) is 6.88. The summed E-state index contributed by atoms with van der Waals surface area (Å²) in [5.74, 6) is 0.781. The number of nitrogens with one attached hydrogen (secondary N) is 2. The SMILES string of the molecule is CC.O=C1CCC(N2Cc3cc(OC4CCN(C(=O)CC5CCN(C(=O)C6CCCC(Nc7ncc(Cl)c(-c8cccc(-c9ccccc9)c8)n7)C6)CC5)CC4)ccc3C2=O)C(=O)N1. The summed E-state index contributed by atoms with van der Waals surface area (Å²) in [5.41, 5.74) is 5.13. The molecule has 0 radical (unpaired) electrons. The van der Waals surface area contributed by atoms with Crippen molar-refractivity contribution in [2.24, 2.45) is 11.8 Å². The molecule has 1 saturated carbocycles. The van der Waals surface area contributed by atoms with Crippen LogP contribution in [0.1, 0.15) is 100 Å². The monoisotopic (exact) mass is 887 g/mol. The van der Waals surface area contributed by atoms with E-state index in [1.54, 1.807) is 18.3 Å². The summed E-state index contributed by atoms with van der Waals surface area (Å²) in [4.78, 5) is 79.2. The van der Waals surface area contributed by atoms with Gasteiger partial charge in [-0.05, 0) is 85.4 Å². The summed E-state index contributed by atoms with van der Waals surface area (Å²) in [5, 5.41) is 6.34. The van der Waals surface area contributed by atoms with Gasteiger partial charge in [0.2, 0.25) is 29.6 Å². The minimum Gasteiger partial charge on any atom is -0.490 e. The molecule has 1 aliphatic carbocycles. The van der Waals surface area contributed by atoms with E-state index in [1.165, 1.54) is 4.90 Å². The van der Waals surface area contributed by atoms with E-state index in [4.69, 9.17) is 21.3 Å². The van der Waals surface area contributed by atoms with Gasteiger partial charge in [-0.25, -0.2) is 9.97 Å². The lowest BCUT2D eigenvalue weighted by molar-refractivity contribution is -0.139. The molecule has 5 aliphatic rings. The molecule has 0 spiro atoms. The van der Waals surface area contributed by atoms with Crippen LogP contribution in [0.4, 0.5) is 5.95 Å². The Bertz CT molecular complexity index is 2350. The molecule has 3 aromatic carbocycles. The van der Waals surface area contributed by atoms with Crippen molar-refractivity contribution in [1.82, 2.24) is 30.0 Å². The number of amides is 5. The van der Waals surface area contributed by atoms with E-state index >= 15 is 0 Å². The van der Waals surface area contributed by atoms with Crippen LogP contribution in [-0.4, -0.2) is 98.6 Å². The van der Waals surface area contributed by atoms with E-state index in [2.05, 4.69) is 39.9 Å². The Kier molecular flexibility index (Phi) is 14.2. The highest BCUT2D eigenvalue weighted by Gasteiger charge is 2.40.